The van der Waals surface area contributed by atoms with E-state index in [1.165, 1.54) is 0 Å². The summed E-state index contributed by atoms with van der Waals surface area (Å²) in [6.07, 6.45) is 0.902. The maximum absolute atomic E-state index is 12.0. The Bertz CT molecular complexity index is 556. The molecule has 3 nitrogen and oxygen atoms in total. The van der Waals surface area contributed by atoms with Gasteiger partial charge in [0, 0.05) is 16.8 Å². The molecule has 0 fully saturated rings. The van der Waals surface area contributed by atoms with Crippen LogP contribution in [0.4, 0.5) is 0 Å². The topological polar surface area (TPSA) is 42.0 Å². The van der Waals surface area contributed by atoms with Gasteiger partial charge in [0.25, 0.3) is 5.91 Å². The quantitative estimate of drug-likeness (QED) is 0.882. The molecule has 1 aromatic carbocycles. The number of nitrogens with zero attached hydrogens (tertiary/aromatic N) is 1. The first-order valence-corrected chi connectivity index (χ1v) is 7.05. The van der Waals surface area contributed by atoms with Crippen molar-refractivity contribution in [1.29, 1.82) is 0 Å². The van der Waals surface area contributed by atoms with E-state index in [0.717, 1.165) is 22.7 Å². The molecule has 0 saturated carbocycles. The average molecular weight is 307 g/mol. The molecule has 0 aliphatic carbocycles. The van der Waals surface area contributed by atoms with Crippen LogP contribution in [-0.2, 0) is 0 Å². The number of carbonyl (C=O) groups is 1. The summed E-state index contributed by atoms with van der Waals surface area (Å²) in [6, 6.07) is 11.6. The molecule has 2 rings (SSSR count). The molecule has 4 heteroatoms. The third kappa shape index (κ3) is 3.07. The Morgan fingerprint density at radius 3 is 2.89 bits per heavy atom. The van der Waals surface area contributed by atoms with Gasteiger partial charge in [-0.2, -0.15) is 0 Å². The minimum Gasteiger partial charge on any atom is -0.348 e. The second kappa shape index (κ2) is 5.96. The highest BCUT2D eigenvalue weighted by atomic mass is 79.9. The molecule has 0 bridgehead atoms. The van der Waals surface area contributed by atoms with Crippen molar-refractivity contribution >= 4 is 32.7 Å². The normalized spacial score (nSPS) is 12.3. The van der Waals surface area contributed by atoms with Crippen LogP contribution in [-0.4, -0.2) is 22.3 Å². The van der Waals surface area contributed by atoms with E-state index >= 15 is 0 Å². The standard InChI is InChI=1S/C14H15BrN2O/c1-10(8-9-15)16-14(18)13-7-6-11-4-2-3-5-12(11)17-13/h2-7,10H,8-9H2,1H3,(H,16,18). The van der Waals surface area contributed by atoms with Crippen LogP contribution in [0.2, 0.25) is 0 Å². The number of halogens is 1. The van der Waals surface area contributed by atoms with Crippen molar-refractivity contribution in [2.75, 3.05) is 5.33 Å². The predicted octanol–water partition coefficient (Wildman–Crippen LogP) is 3.14. The van der Waals surface area contributed by atoms with E-state index in [1.54, 1.807) is 6.07 Å². The van der Waals surface area contributed by atoms with Crippen molar-refractivity contribution in [1.82, 2.24) is 10.3 Å². The van der Waals surface area contributed by atoms with Crippen molar-refractivity contribution in [2.24, 2.45) is 0 Å². The highest BCUT2D eigenvalue weighted by Crippen LogP contribution is 2.11. The first-order chi connectivity index (χ1) is 8.70. The summed E-state index contributed by atoms with van der Waals surface area (Å²) in [5.41, 5.74) is 1.31. The fourth-order valence-electron chi connectivity index (χ4n) is 1.73. The SMILES string of the molecule is CC(CCBr)NC(=O)c1ccc2ccccc2n1. The van der Waals surface area contributed by atoms with Gasteiger partial charge in [-0.15, -0.1) is 0 Å². The number of pyridine rings is 1. The number of fused-ring (bicyclic) bond motifs is 1. The van der Waals surface area contributed by atoms with E-state index < -0.39 is 0 Å². The van der Waals surface area contributed by atoms with Crippen LogP contribution in [0.3, 0.4) is 0 Å². The maximum atomic E-state index is 12.0. The summed E-state index contributed by atoms with van der Waals surface area (Å²) in [5, 5.41) is 4.85. The molecule has 18 heavy (non-hydrogen) atoms. The third-order valence-electron chi connectivity index (χ3n) is 2.75. The Hall–Kier alpha value is -1.42. The summed E-state index contributed by atoms with van der Waals surface area (Å²) in [4.78, 5) is 16.3. The lowest BCUT2D eigenvalue weighted by molar-refractivity contribution is 0.0935. The van der Waals surface area contributed by atoms with Gasteiger partial charge < -0.3 is 5.32 Å². The van der Waals surface area contributed by atoms with Crippen LogP contribution in [0.15, 0.2) is 36.4 Å². The summed E-state index contributed by atoms with van der Waals surface area (Å²) in [5.74, 6) is -0.116. The summed E-state index contributed by atoms with van der Waals surface area (Å²) in [6.45, 7) is 1.99. The lowest BCUT2D eigenvalue weighted by Gasteiger charge is -2.12. The molecular formula is C14H15BrN2O. The Labute approximate surface area is 115 Å². The third-order valence-corrected chi connectivity index (χ3v) is 3.21. The first-order valence-electron chi connectivity index (χ1n) is 5.93. The molecule has 1 heterocycles. The molecule has 0 radical (unpaired) electrons. The molecule has 2 aromatic rings. The van der Waals surface area contributed by atoms with Crippen LogP contribution in [0.1, 0.15) is 23.8 Å². The number of para-hydroxylation sites is 1. The highest BCUT2D eigenvalue weighted by molar-refractivity contribution is 9.09. The number of benzene rings is 1. The second-order valence-corrected chi connectivity index (χ2v) is 5.03. The number of hydrogen-bond donors (Lipinski definition) is 1. The monoisotopic (exact) mass is 306 g/mol. The van der Waals surface area contributed by atoms with Gasteiger partial charge in [-0.3, -0.25) is 4.79 Å². The molecule has 0 aliphatic rings. The van der Waals surface area contributed by atoms with Crippen LogP contribution in [0, 0.1) is 0 Å². The fourth-order valence-corrected chi connectivity index (χ4v) is 2.41. The van der Waals surface area contributed by atoms with Crippen molar-refractivity contribution in [3.63, 3.8) is 0 Å². The minimum absolute atomic E-state index is 0.116. The second-order valence-electron chi connectivity index (χ2n) is 4.24. The van der Waals surface area contributed by atoms with Gasteiger partial charge in [0.1, 0.15) is 5.69 Å². The van der Waals surface area contributed by atoms with Gasteiger partial charge in [-0.05, 0) is 25.5 Å². The molecule has 1 aromatic heterocycles. The van der Waals surface area contributed by atoms with Gasteiger partial charge in [-0.25, -0.2) is 4.98 Å². The number of nitrogens with one attached hydrogen (secondary N) is 1. The highest BCUT2D eigenvalue weighted by Gasteiger charge is 2.10. The zero-order valence-electron chi connectivity index (χ0n) is 10.2. The molecule has 0 aliphatic heterocycles. The number of carbonyl (C=O) groups excluding carboxylic acids is 1. The Kier molecular flexibility index (Phi) is 4.31. The lowest BCUT2D eigenvalue weighted by Crippen LogP contribution is -2.33. The summed E-state index contributed by atoms with van der Waals surface area (Å²) >= 11 is 3.36. The Morgan fingerprint density at radius 1 is 1.33 bits per heavy atom. The molecule has 0 saturated heterocycles. The van der Waals surface area contributed by atoms with E-state index in [0.29, 0.717) is 5.69 Å². The minimum atomic E-state index is -0.116. The largest absolute Gasteiger partial charge is 0.348 e. The van der Waals surface area contributed by atoms with E-state index in [-0.39, 0.29) is 11.9 Å². The molecule has 94 valence electrons. The molecule has 1 amide bonds. The Balaban J connectivity index is 2.17. The summed E-state index contributed by atoms with van der Waals surface area (Å²) in [7, 11) is 0. The van der Waals surface area contributed by atoms with Gasteiger partial charge in [-0.1, -0.05) is 40.2 Å². The van der Waals surface area contributed by atoms with Crippen LogP contribution >= 0.6 is 15.9 Å². The number of alkyl halides is 1. The molecule has 1 N–H and O–H groups in total. The number of aromatic nitrogens is 1. The van der Waals surface area contributed by atoms with E-state index in [4.69, 9.17) is 0 Å². The van der Waals surface area contributed by atoms with Crippen LogP contribution in [0.5, 0.6) is 0 Å². The van der Waals surface area contributed by atoms with E-state index in [9.17, 15) is 4.79 Å². The van der Waals surface area contributed by atoms with Gasteiger partial charge in [0.05, 0.1) is 5.52 Å². The zero-order chi connectivity index (χ0) is 13.0. The van der Waals surface area contributed by atoms with Gasteiger partial charge in [0.15, 0.2) is 0 Å². The van der Waals surface area contributed by atoms with Crippen molar-refractivity contribution < 1.29 is 4.79 Å². The van der Waals surface area contributed by atoms with Crippen molar-refractivity contribution in [2.45, 2.75) is 19.4 Å². The lowest BCUT2D eigenvalue weighted by atomic mass is 10.2. The van der Waals surface area contributed by atoms with Crippen molar-refractivity contribution in [3.05, 3.63) is 42.1 Å². The first kappa shape index (κ1) is 13.0. The zero-order valence-corrected chi connectivity index (χ0v) is 11.8. The van der Waals surface area contributed by atoms with Crippen LogP contribution < -0.4 is 5.32 Å². The number of hydrogen-bond acceptors (Lipinski definition) is 2. The maximum Gasteiger partial charge on any atom is 0.270 e. The van der Waals surface area contributed by atoms with Crippen molar-refractivity contribution in [3.8, 4) is 0 Å². The average Bonchev–Trinajstić information content (AvgIpc) is 2.38. The predicted molar refractivity (Wildman–Crippen MR) is 77.1 cm³/mol. The fraction of sp³-hybridized carbons (Fsp3) is 0.286. The van der Waals surface area contributed by atoms with E-state index in [1.807, 2.05) is 37.3 Å². The molecule has 0 spiro atoms. The smallest absolute Gasteiger partial charge is 0.270 e. The molecule has 1 atom stereocenters. The van der Waals surface area contributed by atoms with Crippen LogP contribution in [0.25, 0.3) is 10.9 Å². The summed E-state index contributed by atoms with van der Waals surface area (Å²) < 4.78 is 0. The molecule has 1 unspecified atom stereocenters. The Morgan fingerprint density at radius 2 is 2.11 bits per heavy atom. The van der Waals surface area contributed by atoms with Gasteiger partial charge in [0.2, 0.25) is 0 Å². The number of rotatable bonds is 4. The molecular weight excluding hydrogens is 292 g/mol. The number of amides is 1. The van der Waals surface area contributed by atoms with E-state index in [2.05, 4.69) is 26.2 Å². The van der Waals surface area contributed by atoms with Gasteiger partial charge >= 0.3 is 0 Å².